The molecule has 174 valence electrons. The van der Waals surface area contributed by atoms with Gasteiger partial charge >= 0.3 is 0 Å². The number of hydrogen-bond acceptors (Lipinski definition) is 6. The fraction of sp³-hybridized carbons (Fsp3) is 0.115. The molecule has 0 saturated carbocycles. The molecule has 0 radical (unpaired) electrons. The summed E-state index contributed by atoms with van der Waals surface area (Å²) in [6, 6.07) is 23.3. The van der Waals surface area contributed by atoms with Crippen molar-refractivity contribution in [2.45, 2.75) is 13.1 Å². The zero-order valence-electron chi connectivity index (χ0n) is 18.6. The van der Waals surface area contributed by atoms with E-state index >= 15 is 0 Å². The Morgan fingerprint density at radius 2 is 1.54 bits per heavy atom. The monoisotopic (exact) mass is 467 g/mol. The van der Waals surface area contributed by atoms with Crippen molar-refractivity contribution in [3.8, 4) is 22.7 Å². The lowest BCUT2D eigenvalue weighted by Gasteiger charge is -2.10. The number of amides is 1. The molecule has 2 aromatic carbocycles. The molecule has 0 fully saturated rings. The molecule has 1 amide bonds. The van der Waals surface area contributed by atoms with Gasteiger partial charge in [0.05, 0.1) is 18.5 Å². The summed E-state index contributed by atoms with van der Waals surface area (Å²) < 4.78 is 7.70. The molecule has 0 saturated heterocycles. The smallest absolute Gasteiger partial charge is 0.267 e. The van der Waals surface area contributed by atoms with Crippen LogP contribution in [0.15, 0.2) is 99.1 Å². The summed E-state index contributed by atoms with van der Waals surface area (Å²) in [4.78, 5) is 37.0. The Balaban J connectivity index is 1.27. The largest absolute Gasteiger partial charge is 0.463 e. The topological polar surface area (TPSA) is 112 Å². The van der Waals surface area contributed by atoms with E-state index in [-0.39, 0.29) is 30.8 Å². The number of benzene rings is 2. The normalized spacial score (nSPS) is 11.0. The Morgan fingerprint density at radius 1 is 0.800 bits per heavy atom. The minimum absolute atomic E-state index is 0.158. The van der Waals surface area contributed by atoms with E-state index in [9.17, 15) is 14.4 Å². The van der Waals surface area contributed by atoms with Gasteiger partial charge in [-0.15, -0.1) is 0 Å². The maximum absolute atomic E-state index is 12.5. The van der Waals surface area contributed by atoms with Crippen molar-refractivity contribution in [1.82, 2.24) is 24.9 Å². The number of hydrogen-bond donors (Lipinski definition) is 1. The molecule has 3 aromatic heterocycles. The number of furan rings is 1. The van der Waals surface area contributed by atoms with E-state index in [1.807, 2.05) is 42.5 Å². The zero-order valence-corrected chi connectivity index (χ0v) is 18.6. The average Bonchev–Trinajstić information content (AvgIpc) is 3.41. The Morgan fingerprint density at radius 3 is 2.37 bits per heavy atom. The van der Waals surface area contributed by atoms with Crippen molar-refractivity contribution in [3.05, 3.63) is 106 Å². The summed E-state index contributed by atoms with van der Waals surface area (Å²) in [6.07, 6.45) is 1.53. The molecule has 3 heterocycles. The Kier molecular flexibility index (Phi) is 6.04. The number of rotatable bonds is 7. The van der Waals surface area contributed by atoms with E-state index in [0.29, 0.717) is 17.1 Å². The quantitative estimate of drug-likeness (QED) is 0.394. The molecule has 0 atom stereocenters. The van der Waals surface area contributed by atoms with Gasteiger partial charge in [0.15, 0.2) is 5.76 Å². The summed E-state index contributed by atoms with van der Waals surface area (Å²) in [5.41, 5.74) is 1.31. The van der Waals surface area contributed by atoms with Gasteiger partial charge in [-0.25, -0.2) is 9.36 Å². The summed E-state index contributed by atoms with van der Waals surface area (Å²) >= 11 is 0. The number of nitrogens with zero attached hydrogens (tertiary/aromatic N) is 4. The minimum Gasteiger partial charge on any atom is -0.463 e. The molecule has 0 bridgehead atoms. The van der Waals surface area contributed by atoms with Crippen molar-refractivity contribution in [2.75, 3.05) is 6.54 Å². The molecule has 0 aliphatic rings. The molecular formula is C26H21N5O4. The van der Waals surface area contributed by atoms with Crippen LogP contribution < -0.4 is 16.4 Å². The first-order valence-electron chi connectivity index (χ1n) is 11.0. The van der Waals surface area contributed by atoms with Gasteiger partial charge in [0.2, 0.25) is 5.91 Å². The number of nitrogens with one attached hydrogen (secondary N) is 1. The Bertz CT molecular complexity index is 1610. The fourth-order valence-electron chi connectivity index (χ4n) is 3.81. The standard InChI is InChI=1S/C26H21N5O4/c32-24(27-14-15-30-25(33)13-11-22(29-30)23-9-4-16-35-23)17-31-26(34)12-10-21(28-31)20-8-3-6-18-5-1-2-7-19(18)20/h1-13,16H,14-15,17H2,(H,27,32). The third kappa shape index (κ3) is 4.79. The molecule has 1 N–H and O–H groups in total. The molecule has 0 unspecified atom stereocenters. The van der Waals surface area contributed by atoms with Crippen molar-refractivity contribution in [2.24, 2.45) is 0 Å². The highest BCUT2D eigenvalue weighted by molar-refractivity contribution is 5.95. The van der Waals surface area contributed by atoms with Crippen molar-refractivity contribution < 1.29 is 9.21 Å². The highest BCUT2D eigenvalue weighted by Gasteiger charge is 2.11. The van der Waals surface area contributed by atoms with Gasteiger partial charge in [0, 0.05) is 24.2 Å². The molecule has 0 aliphatic heterocycles. The first-order valence-corrected chi connectivity index (χ1v) is 11.0. The predicted molar refractivity (Wildman–Crippen MR) is 131 cm³/mol. The van der Waals surface area contributed by atoms with Gasteiger partial charge in [-0.1, -0.05) is 42.5 Å². The van der Waals surface area contributed by atoms with Crippen LogP contribution >= 0.6 is 0 Å². The van der Waals surface area contributed by atoms with E-state index in [1.54, 1.807) is 24.3 Å². The van der Waals surface area contributed by atoms with Crippen LogP contribution in [0.4, 0.5) is 0 Å². The van der Waals surface area contributed by atoms with Crippen molar-refractivity contribution in [1.29, 1.82) is 0 Å². The molecule has 0 spiro atoms. The Labute approximate surface area is 199 Å². The molecule has 5 rings (SSSR count). The van der Waals surface area contributed by atoms with E-state index in [0.717, 1.165) is 21.0 Å². The third-order valence-electron chi connectivity index (χ3n) is 5.51. The van der Waals surface area contributed by atoms with Gasteiger partial charge < -0.3 is 9.73 Å². The van der Waals surface area contributed by atoms with Crippen molar-refractivity contribution >= 4 is 16.7 Å². The van der Waals surface area contributed by atoms with Crippen LogP contribution in [-0.4, -0.2) is 32.0 Å². The maximum atomic E-state index is 12.5. The molecule has 5 aromatic rings. The molecule has 9 nitrogen and oxygen atoms in total. The summed E-state index contributed by atoms with van der Waals surface area (Å²) in [6.45, 7) is 0.0782. The fourth-order valence-corrected chi connectivity index (χ4v) is 3.81. The second-order valence-corrected chi connectivity index (χ2v) is 7.85. The van der Waals surface area contributed by atoms with Crippen LogP contribution in [0.25, 0.3) is 33.5 Å². The lowest BCUT2D eigenvalue weighted by Crippen LogP contribution is -2.36. The SMILES string of the molecule is O=C(Cn1nc(-c2cccc3ccccc23)ccc1=O)NCCn1nc(-c2ccco2)ccc1=O. The predicted octanol–water partition coefficient (Wildman–Crippen LogP) is 2.70. The molecule has 0 aliphatic carbocycles. The van der Waals surface area contributed by atoms with Gasteiger partial charge in [0.25, 0.3) is 11.1 Å². The first kappa shape index (κ1) is 22.0. The van der Waals surface area contributed by atoms with Crippen LogP contribution in [0.5, 0.6) is 0 Å². The van der Waals surface area contributed by atoms with Crippen LogP contribution in [0.3, 0.4) is 0 Å². The van der Waals surface area contributed by atoms with E-state index < -0.39 is 5.91 Å². The van der Waals surface area contributed by atoms with E-state index in [2.05, 4.69) is 15.5 Å². The number of fused-ring (bicyclic) bond motifs is 1. The summed E-state index contributed by atoms with van der Waals surface area (Å²) in [5, 5.41) is 13.5. The van der Waals surface area contributed by atoms with Crippen LogP contribution in [0, 0.1) is 0 Å². The van der Waals surface area contributed by atoms with E-state index in [1.165, 1.54) is 23.1 Å². The average molecular weight is 467 g/mol. The highest BCUT2D eigenvalue weighted by Crippen LogP contribution is 2.26. The molecule has 9 heteroatoms. The summed E-state index contributed by atoms with van der Waals surface area (Å²) in [7, 11) is 0. The second-order valence-electron chi connectivity index (χ2n) is 7.85. The maximum Gasteiger partial charge on any atom is 0.267 e. The van der Waals surface area contributed by atoms with Gasteiger partial charge in [0.1, 0.15) is 12.2 Å². The van der Waals surface area contributed by atoms with Gasteiger partial charge in [-0.05, 0) is 35.0 Å². The van der Waals surface area contributed by atoms with E-state index in [4.69, 9.17) is 4.42 Å². The van der Waals surface area contributed by atoms with Crippen molar-refractivity contribution in [3.63, 3.8) is 0 Å². The molecule has 35 heavy (non-hydrogen) atoms. The second kappa shape index (κ2) is 9.60. The Hall–Kier alpha value is -4.79. The van der Waals surface area contributed by atoms with Crippen LogP contribution in [0.2, 0.25) is 0 Å². The minimum atomic E-state index is -0.398. The number of carbonyl (C=O) groups excluding carboxylic acids is 1. The number of carbonyl (C=O) groups is 1. The molecular weight excluding hydrogens is 446 g/mol. The lowest BCUT2D eigenvalue weighted by atomic mass is 10.0. The number of aromatic nitrogens is 4. The van der Waals surface area contributed by atoms with Gasteiger partial charge in [-0.2, -0.15) is 10.2 Å². The van der Waals surface area contributed by atoms with Crippen LogP contribution in [0.1, 0.15) is 0 Å². The first-order chi connectivity index (χ1) is 17.1. The lowest BCUT2D eigenvalue weighted by molar-refractivity contribution is -0.121. The third-order valence-corrected chi connectivity index (χ3v) is 5.51. The van der Waals surface area contributed by atoms with Gasteiger partial charge in [-0.3, -0.25) is 14.4 Å². The highest BCUT2D eigenvalue weighted by atomic mass is 16.3. The van der Waals surface area contributed by atoms with Crippen LogP contribution in [-0.2, 0) is 17.9 Å². The zero-order chi connectivity index (χ0) is 24.2. The summed E-state index contributed by atoms with van der Waals surface area (Å²) in [5.74, 6) is 0.143.